The number of rotatable bonds is 2. The quantitative estimate of drug-likeness (QED) is 0.865. The van der Waals surface area contributed by atoms with E-state index in [1.807, 2.05) is 0 Å². The Hall–Kier alpha value is -0.490. The molecule has 2 rings (SSSR count). The van der Waals surface area contributed by atoms with E-state index in [1.165, 1.54) is 22.7 Å². The second-order valence-corrected chi connectivity index (χ2v) is 5.04. The lowest BCUT2D eigenvalue weighted by atomic mass is 10.6. The minimum Gasteiger partial charge on any atom is -0.391 e. The summed E-state index contributed by atoms with van der Waals surface area (Å²) < 4.78 is 0.649. The van der Waals surface area contributed by atoms with Crippen LogP contribution in [0.15, 0.2) is 12.4 Å². The molecule has 1 N–H and O–H groups in total. The van der Waals surface area contributed by atoms with Crippen LogP contribution in [0, 0.1) is 0 Å². The Morgan fingerprint density at radius 1 is 1.23 bits per heavy atom. The van der Waals surface area contributed by atoms with Crippen LogP contribution in [0.25, 0.3) is 10.0 Å². The molecule has 2 aromatic heterocycles. The molecule has 6 heteroatoms. The standard InChI is InChI=1S/C7H5ClN2OS2/c8-5-2-10-7(13-5)6-9-1-4(3-11)12-6/h1-2,11H,3H2. The van der Waals surface area contributed by atoms with Crippen molar-refractivity contribution >= 4 is 34.3 Å². The highest BCUT2D eigenvalue weighted by Crippen LogP contribution is 2.30. The molecule has 2 aromatic rings. The number of aromatic nitrogens is 2. The van der Waals surface area contributed by atoms with E-state index < -0.39 is 0 Å². The Labute approximate surface area is 87.7 Å². The zero-order valence-electron chi connectivity index (χ0n) is 6.40. The summed E-state index contributed by atoms with van der Waals surface area (Å²) in [6, 6.07) is 0. The van der Waals surface area contributed by atoms with Crippen LogP contribution in [0.1, 0.15) is 4.88 Å². The lowest BCUT2D eigenvalue weighted by molar-refractivity contribution is 0.285. The molecule has 0 aromatic carbocycles. The largest absolute Gasteiger partial charge is 0.391 e. The number of aliphatic hydroxyl groups is 1. The average molecular weight is 233 g/mol. The van der Waals surface area contributed by atoms with Gasteiger partial charge in [0, 0.05) is 6.20 Å². The third-order valence-corrected chi connectivity index (χ3v) is 3.61. The van der Waals surface area contributed by atoms with Crippen LogP contribution < -0.4 is 0 Å². The fourth-order valence-electron chi connectivity index (χ4n) is 0.833. The van der Waals surface area contributed by atoms with Crippen molar-refractivity contribution in [2.24, 2.45) is 0 Å². The van der Waals surface area contributed by atoms with Crippen LogP contribution >= 0.6 is 34.3 Å². The van der Waals surface area contributed by atoms with E-state index in [0.717, 1.165) is 14.9 Å². The van der Waals surface area contributed by atoms with Gasteiger partial charge in [-0.1, -0.05) is 22.9 Å². The molecular weight excluding hydrogens is 228 g/mol. The maximum absolute atomic E-state index is 8.83. The fraction of sp³-hybridized carbons (Fsp3) is 0.143. The minimum atomic E-state index is 0.0246. The summed E-state index contributed by atoms with van der Waals surface area (Å²) in [7, 11) is 0. The van der Waals surface area contributed by atoms with Crippen molar-refractivity contribution in [1.82, 2.24) is 9.97 Å². The predicted molar refractivity (Wildman–Crippen MR) is 54.2 cm³/mol. The van der Waals surface area contributed by atoms with E-state index in [9.17, 15) is 0 Å². The van der Waals surface area contributed by atoms with Gasteiger partial charge in [-0.15, -0.1) is 11.3 Å². The summed E-state index contributed by atoms with van der Waals surface area (Å²) in [5, 5.41) is 10.4. The summed E-state index contributed by atoms with van der Waals surface area (Å²) in [6.45, 7) is 0.0246. The van der Waals surface area contributed by atoms with Crippen molar-refractivity contribution in [3.05, 3.63) is 21.6 Å². The van der Waals surface area contributed by atoms with Crippen molar-refractivity contribution in [3.8, 4) is 10.0 Å². The maximum atomic E-state index is 8.83. The first-order chi connectivity index (χ1) is 6.29. The summed E-state index contributed by atoms with van der Waals surface area (Å²) in [4.78, 5) is 9.04. The highest BCUT2D eigenvalue weighted by molar-refractivity contribution is 7.23. The smallest absolute Gasteiger partial charge is 0.153 e. The number of thiazole rings is 2. The molecule has 0 radical (unpaired) electrons. The van der Waals surface area contributed by atoms with E-state index in [2.05, 4.69) is 9.97 Å². The third-order valence-electron chi connectivity index (χ3n) is 1.37. The fourth-order valence-corrected chi connectivity index (χ4v) is 2.55. The molecule has 2 heterocycles. The van der Waals surface area contributed by atoms with Crippen LogP contribution in [-0.2, 0) is 6.61 Å². The molecule has 0 amide bonds. The number of aliphatic hydroxyl groups excluding tert-OH is 1. The van der Waals surface area contributed by atoms with Crippen LogP contribution in [0.2, 0.25) is 4.34 Å². The number of hydrogen-bond donors (Lipinski definition) is 1. The van der Waals surface area contributed by atoms with Gasteiger partial charge in [0.05, 0.1) is 17.7 Å². The molecule has 3 nitrogen and oxygen atoms in total. The Kier molecular flexibility index (Phi) is 2.59. The highest BCUT2D eigenvalue weighted by atomic mass is 35.5. The number of hydrogen-bond acceptors (Lipinski definition) is 5. The van der Waals surface area contributed by atoms with Crippen molar-refractivity contribution in [2.75, 3.05) is 0 Å². The monoisotopic (exact) mass is 232 g/mol. The summed E-state index contributed by atoms with van der Waals surface area (Å²) in [6.07, 6.45) is 3.25. The summed E-state index contributed by atoms with van der Waals surface area (Å²) in [5.41, 5.74) is 0. The normalized spacial score (nSPS) is 10.6. The van der Waals surface area contributed by atoms with E-state index in [0.29, 0.717) is 4.34 Å². The number of nitrogens with zero attached hydrogens (tertiary/aromatic N) is 2. The zero-order valence-corrected chi connectivity index (χ0v) is 8.79. The molecule has 0 unspecified atom stereocenters. The summed E-state index contributed by atoms with van der Waals surface area (Å²) in [5.74, 6) is 0. The average Bonchev–Trinajstić information content (AvgIpc) is 2.71. The van der Waals surface area contributed by atoms with E-state index in [1.54, 1.807) is 12.4 Å². The van der Waals surface area contributed by atoms with E-state index in [4.69, 9.17) is 16.7 Å². The van der Waals surface area contributed by atoms with Gasteiger partial charge in [0.25, 0.3) is 0 Å². The molecule has 0 saturated heterocycles. The van der Waals surface area contributed by atoms with Crippen molar-refractivity contribution < 1.29 is 5.11 Å². The molecule has 0 aliphatic rings. The lowest BCUT2D eigenvalue weighted by Crippen LogP contribution is -1.70. The van der Waals surface area contributed by atoms with Crippen LogP contribution in [0.5, 0.6) is 0 Å². The van der Waals surface area contributed by atoms with Crippen molar-refractivity contribution in [3.63, 3.8) is 0 Å². The Morgan fingerprint density at radius 2 is 1.92 bits per heavy atom. The van der Waals surface area contributed by atoms with Crippen LogP contribution in [-0.4, -0.2) is 15.1 Å². The molecular formula is C7H5ClN2OS2. The van der Waals surface area contributed by atoms with Crippen molar-refractivity contribution in [1.29, 1.82) is 0 Å². The zero-order chi connectivity index (χ0) is 9.26. The molecule has 0 spiro atoms. The second-order valence-electron chi connectivity index (χ2n) is 2.26. The van der Waals surface area contributed by atoms with E-state index in [-0.39, 0.29) is 6.61 Å². The van der Waals surface area contributed by atoms with Gasteiger partial charge in [-0.3, -0.25) is 0 Å². The van der Waals surface area contributed by atoms with Gasteiger partial charge in [-0.25, -0.2) is 9.97 Å². The molecule has 13 heavy (non-hydrogen) atoms. The molecule has 68 valence electrons. The SMILES string of the molecule is OCc1cnc(-c2ncc(Cl)s2)s1. The maximum Gasteiger partial charge on any atom is 0.153 e. The van der Waals surface area contributed by atoms with Gasteiger partial charge < -0.3 is 5.11 Å². The van der Waals surface area contributed by atoms with Gasteiger partial charge >= 0.3 is 0 Å². The Bertz CT molecular complexity index is 412. The lowest BCUT2D eigenvalue weighted by Gasteiger charge is -1.84. The number of halogens is 1. The molecule has 0 atom stereocenters. The van der Waals surface area contributed by atoms with Gasteiger partial charge in [0.2, 0.25) is 0 Å². The minimum absolute atomic E-state index is 0.0246. The molecule has 0 fully saturated rings. The third kappa shape index (κ3) is 1.88. The topological polar surface area (TPSA) is 46.0 Å². The Balaban J connectivity index is 2.35. The van der Waals surface area contributed by atoms with Gasteiger partial charge in [-0.05, 0) is 0 Å². The summed E-state index contributed by atoms with van der Waals surface area (Å²) >= 11 is 8.55. The molecule has 0 saturated carbocycles. The first-order valence-corrected chi connectivity index (χ1v) is 5.48. The second kappa shape index (κ2) is 3.71. The first-order valence-electron chi connectivity index (χ1n) is 3.47. The van der Waals surface area contributed by atoms with Crippen LogP contribution in [0.4, 0.5) is 0 Å². The molecule has 0 aliphatic carbocycles. The first kappa shape index (κ1) is 9.08. The Morgan fingerprint density at radius 3 is 2.46 bits per heavy atom. The molecule has 0 aliphatic heterocycles. The highest BCUT2D eigenvalue weighted by Gasteiger charge is 2.07. The van der Waals surface area contributed by atoms with Gasteiger partial charge in [0.15, 0.2) is 10.0 Å². The van der Waals surface area contributed by atoms with Crippen molar-refractivity contribution in [2.45, 2.75) is 6.61 Å². The van der Waals surface area contributed by atoms with E-state index >= 15 is 0 Å². The van der Waals surface area contributed by atoms with Gasteiger partial charge in [0.1, 0.15) is 4.34 Å². The predicted octanol–water partition coefficient (Wildman–Crippen LogP) is 2.41. The van der Waals surface area contributed by atoms with Gasteiger partial charge in [-0.2, -0.15) is 0 Å². The molecule has 0 bridgehead atoms. The van der Waals surface area contributed by atoms with Crippen LogP contribution in [0.3, 0.4) is 0 Å².